The van der Waals surface area contributed by atoms with E-state index < -0.39 is 0 Å². The minimum atomic E-state index is -0.215. The van der Waals surface area contributed by atoms with Gasteiger partial charge in [0.2, 0.25) is 0 Å². The van der Waals surface area contributed by atoms with E-state index in [0.717, 1.165) is 16.8 Å². The molecule has 3 aromatic carbocycles. The molecule has 1 heterocycles. The molecule has 1 saturated heterocycles. The monoisotopic (exact) mass is 369 g/mol. The highest BCUT2D eigenvalue weighted by molar-refractivity contribution is 5.99. The molecule has 4 heteroatoms. The third-order valence-electron chi connectivity index (χ3n) is 4.95. The molecular weight excluding hydrogens is 346 g/mol. The van der Waals surface area contributed by atoms with Gasteiger partial charge in [-0.05, 0) is 23.6 Å². The lowest BCUT2D eigenvalue weighted by atomic mass is 10.1. The Kier molecular flexibility index (Phi) is 5.31. The van der Waals surface area contributed by atoms with E-state index in [1.54, 1.807) is 5.01 Å². The van der Waals surface area contributed by atoms with Gasteiger partial charge in [0.25, 0.3) is 5.91 Å². The summed E-state index contributed by atoms with van der Waals surface area (Å²) in [4.78, 5) is 15.1. The zero-order valence-corrected chi connectivity index (χ0v) is 15.9. The summed E-state index contributed by atoms with van der Waals surface area (Å²) in [6.07, 6.45) is -0.215. The normalized spacial score (nSPS) is 17.9. The van der Waals surface area contributed by atoms with Crippen molar-refractivity contribution in [1.29, 1.82) is 0 Å². The number of benzene rings is 3. The molecule has 0 aliphatic carbocycles. The first-order valence-electron chi connectivity index (χ1n) is 9.48. The molecule has 3 aromatic rings. The molecule has 0 radical (unpaired) electrons. The second-order valence-corrected chi connectivity index (χ2v) is 6.96. The van der Waals surface area contributed by atoms with Crippen molar-refractivity contribution in [1.82, 2.24) is 9.91 Å². The van der Waals surface area contributed by atoms with E-state index in [1.807, 2.05) is 73.7 Å². The number of amides is 1. The molecule has 1 amide bonds. The van der Waals surface area contributed by atoms with Gasteiger partial charge in [-0.3, -0.25) is 9.69 Å². The van der Waals surface area contributed by atoms with E-state index in [2.05, 4.69) is 29.2 Å². The zero-order chi connectivity index (χ0) is 19.3. The largest absolute Gasteiger partial charge is 0.271 e. The van der Waals surface area contributed by atoms with Gasteiger partial charge in [-0.1, -0.05) is 91.0 Å². The van der Waals surface area contributed by atoms with Crippen LogP contribution in [0.5, 0.6) is 0 Å². The van der Waals surface area contributed by atoms with Crippen LogP contribution in [0.4, 0.5) is 0 Å². The second kappa shape index (κ2) is 8.19. The van der Waals surface area contributed by atoms with Crippen molar-refractivity contribution in [2.24, 2.45) is 5.10 Å². The highest BCUT2D eigenvalue weighted by Crippen LogP contribution is 2.32. The van der Waals surface area contributed by atoms with Gasteiger partial charge in [0, 0.05) is 6.54 Å². The number of hydrogen-bond acceptors (Lipinski definition) is 3. The fourth-order valence-corrected chi connectivity index (χ4v) is 3.57. The lowest BCUT2D eigenvalue weighted by Gasteiger charge is -2.28. The Hall–Kier alpha value is -3.24. The average Bonchev–Trinajstić information content (AvgIpc) is 3.04. The van der Waals surface area contributed by atoms with Crippen LogP contribution in [-0.2, 0) is 11.3 Å². The van der Waals surface area contributed by atoms with Crippen molar-refractivity contribution in [2.45, 2.75) is 19.6 Å². The summed E-state index contributed by atoms with van der Waals surface area (Å²) >= 11 is 0. The van der Waals surface area contributed by atoms with E-state index >= 15 is 0 Å². The van der Waals surface area contributed by atoms with Crippen LogP contribution in [0.3, 0.4) is 0 Å². The molecule has 28 heavy (non-hydrogen) atoms. The highest BCUT2D eigenvalue weighted by atomic mass is 16.2. The van der Waals surface area contributed by atoms with Crippen LogP contribution in [0.25, 0.3) is 0 Å². The first-order chi connectivity index (χ1) is 13.7. The van der Waals surface area contributed by atoms with Gasteiger partial charge in [0.05, 0.1) is 12.3 Å². The Morgan fingerprint density at radius 1 is 0.893 bits per heavy atom. The quantitative estimate of drug-likeness (QED) is 0.623. The van der Waals surface area contributed by atoms with E-state index in [-0.39, 0.29) is 12.1 Å². The van der Waals surface area contributed by atoms with Crippen LogP contribution in [0.2, 0.25) is 0 Å². The van der Waals surface area contributed by atoms with Crippen LogP contribution in [0, 0.1) is 0 Å². The SMILES string of the molecule is CC(=NN1C(=O)CN(Cc2ccccc2)[C@H]1c1ccccc1)c1ccccc1. The smallest absolute Gasteiger partial charge is 0.258 e. The van der Waals surface area contributed by atoms with Gasteiger partial charge >= 0.3 is 0 Å². The van der Waals surface area contributed by atoms with Gasteiger partial charge in [-0.15, -0.1) is 0 Å². The van der Waals surface area contributed by atoms with Crippen molar-refractivity contribution in [3.05, 3.63) is 108 Å². The third kappa shape index (κ3) is 3.87. The predicted molar refractivity (Wildman–Crippen MR) is 112 cm³/mol. The van der Waals surface area contributed by atoms with Gasteiger partial charge in [-0.25, -0.2) is 5.01 Å². The van der Waals surface area contributed by atoms with Crippen molar-refractivity contribution >= 4 is 11.6 Å². The minimum Gasteiger partial charge on any atom is -0.271 e. The Morgan fingerprint density at radius 2 is 1.46 bits per heavy atom. The van der Waals surface area contributed by atoms with Crippen molar-refractivity contribution in [3.8, 4) is 0 Å². The Bertz CT molecular complexity index is 955. The summed E-state index contributed by atoms with van der Waals surface area (Å²) in [5.41, 5.74) is 4.09. The average molecular weight is 369 g/mol. The molecule has 0 spiro atoms. The molecule has 0 N–H and O–H groups in total. The Balaban J connectivity index is 1.69. The molecule has 1 aliphatic rings. The van der Waals surface area contributed by atoms with Crippen LogP contribution in [0.15, 0.2) is 96.1 Å². The number of hydrazone groups is 1. The lowest BCUT2D eigenvalue weighted by Crippen LogP contribution is -2.29. The zero-order valence-electron chi connectivity index (χ0n) is 15.9. The minimum absolute atomic E-state index is 0.0139. The number of rotatable bonds is 5. The molecule has 1 atom stereocenters. The predicted octanol–water partition coefficient (Wildman–Crippen LogP) is 4.45. The van der Waals surface area contributed by atoms with Crippen LogP contribution in [0.1, 0.15) is 29.8 Å². The lowest BCUT2D eigenvalue weighted by molar-refractivity contribution is -0.128. The molecule has 0 aromatic heterocycles. The summed E-state index contributed by atoms with van der Waals surface area (Å²) in [5, 5.41) is 6.38. The van der Waals surface area contributed by atoms with Crippen LogP contribution < -0.4 is 0 Å². The van der Waals surface area contributed by atoms with Crippen LogP contribution in [-0.4, -0.2) is 28.1 Å². The maximum Gasteiger partial charge on any atom is 0.258 e. The van der Waals surface area contributed by atoms with Crippen molar-refractivity contribution < 1.29 is 4.79 Å². The maximum atomic E-state index is 12.9. The number of nitrogens with zero attached hydrogens (tertiary/aromatic N) is 3. The first kappa shape index (κ1) is 18.1. The summed E-state index contributed by atoms with van der Waals surface area (Å²) in [5.74, 6) is 0.0139. The summed E-state index contributed by atoms with van der Waals surface area (Å²) in [7, 11) is 0. The maximum absolute atomic E-state index is 12.9. The molecule has 140 valence electrons. The highest BCUT2D eigenvalue weighted by Gasteiger charge is 2.39. The summed E-state index contributed by atoms with van der Waals surface area (Å²) in [6, 6.07) is 30.3. The van der Waals surface area contributed by atoms with Crippen LogP contribution >= 0.6 is 0 Å². The molecule has 1 fully saturated rings. The van der Waals surface area contributed by atoms with E-state index in [4.69, 9.17) is 5.10 Å². The van der Waals surface area contributed by atoms with E-state index in [9.17, 15) is 4.79 Å². The summed E-state index contributed by atoms with van der Waals surface area (Å²) < 4.78 is 0. The topological polar surface area (TPSA) is 35.9 Å². The first-order valence-corrected chi connectivity index (χ1v) is 9.48. The molecule has 0 unspecified atom stereocenters. The van der Waals surface area contributed by atoms with Gasteiger partial charge in [0.1, 0.15) is 6.17 Å². The molecule has 1 aliphatic heterocycles. The molecule has 4 nitrogen and oxygen atoms in total. The molecular formula is C24H23N3O. The van der Waals surface area contributed by atoms with E-state index in [0.29, 0.717) is 13.1 Å². The van der Waals surface area contributed by atoms with E-state index in [1.165, 1.54) is 5.56 Å². The fraction of sp³-hybridized carbons (Fsp3) is 0.167. The Labute approximate surface area is 165 Å². The third-order valence-corrected chi connectivity index (χ3v) is 4.95. The summed E-state index contributed by atoms with van der Waals surface area (Å²) in [6.45, 7) is 2.99. The number of carbonyl (C=O) groups is 1. The molecule has 0 bridgehead atoms. The van der Waals surface area contributed by atoms with Gasteiger partial charge < -0.3 is 0 Å². The molecule has 0 saturated carbocycles. The number of carbonyl (C=O) groups excluding carboxylic acids is 1. The second-order valence-electron chi connectivity index (χ2n) is 6.96. The van der Waals surface area contributed by atoms with Crippen molar-refractivity contribution in [3.63, 3.8) is 0 Å². The standard InChI is InChI=1S/C24H23N3O/c1-19(21-13-7-3-8-14-21)25-27-23(28)18-26(17-20-11-5-2-6-12-20)24(27)22-15-9-4-10-16-22/h2-16,24H,17-18H2,1H3/t24-/m1/s1. The fourth-order valence-electron chi connectivity index (χ4n) is 3.57. The number of hydrogen-bond donors (Lipinski definition) is 0. The van der Waals surface area contributed by atoms with Crippen molar-refractivity contribution in [2.75, 3.05) is 6.54 Å². The van der Waals surface area contributed by atoms with Gasteiger partial charge in [0.15, 0.2) is 0 Å². The van der Waals surface area contributed by atoms with Gasteiger partial charge in [-0.2, -0.15) is 5.10 Å². The Morgan fingerprint density at radius 3 is 2.11 bits per heavy atom. The molecule has 4 rings (SSSR count).